The van der Waals surface area contributed by atoms with Gasteiger partial charge in [-0.15, -0.1) is 0 Å². The summed E-state index contributed by atoms with van der Waals surface area (Å²) in [5, 5.41) is 3.33. The van der Waals surface area contributed by atoms with Gasteiger partial charge in [0.2, 0.25) is 10.0 Å². The molecule has 1 aromatic heterocycles. The second-order valence-electron chi connectivity index (χ2n) is 6.15. The lowest BCUT2D eigenvalue weighted by Gasteiger charge is -2.22. The van der Waals surface area contributed by atoms with Crippen molar-refractivity contribution in [2.45, 2.75) is 34.1 Å². The van der Waals surface area contributed by atoms with E-state index < -0.39 is 10.0 Å². The second kappa shape index (κ2) is 8.89. The Hall–Kier alpha value is -2.28. The highest BCUT2D eigenvalue weighted by Crippen LogP contribution is 2.25. The standard InChI is InChI=1S/C19H28N4O2S/c1-5-12-26(24,25)22-19-11-8-16(14-20-19)21-18-10-9-17(13-15(18)4)23(6-2)7-3/h8-11,13-14,21H,5-7,12H2,1-4H3,(H,20,22). The number of benzene rings is 1. The Balaban J connectivity index is 2.09. The Morgan fingerprint density at radius 2 is 1.81 bits per heavy atom. The number of aryl methyl sites for hydroxylation is 1. The minimum Gasteiger partial charge on any atom is -0.372 e. The average molecular weight is 377 g/mol. The van der Waals surface area contributed by atoms with Crippen LogP contribution in [0.3, 0.4) is 0 Å². The van der Waals surface area contributed by atoms with Crippen molar-refractivity contribution in [3.63, 3.8) is 0 Å². The molecule has 0 spiro atoms. The molecular formula is C19H28N4O2S. The lowest BCUT2D eigenvalue weighted by Crippen LogP contribution is -2.21. The van der Waals surface area contributed by atoms with Crippen molar-refractivity contribution in [3.05, 3.63) is 42.1 Å². The van der Waals surface area contributed by atoms with Crippen molar-refractivity contribution >= 4 is 32.9 Å². The predicted octanol–water partition coefficient (Wildman–Crippen LogP) is 4.13. The lowest BCUT2D eigenvalue weighted by molar-refractivity contribution is 0.599. The summed E-state index contributed by atoms with van der Waals surface area (Å²) in [7, 11) is -3.32. The van der Waals surface area contributed by atoms with Gasteiger partial charge < -0.3 is 10.2 Å². The van der Waals surface area contributed by atoms with E-state index in [9.17, 15) is 8.42 Å². The van der Waals surface area contributed by atoms with Gasteiger partial charge in [-0.1, -0.05) is 6.92 Å². The molecule has 2 N–H and O–H groups in total. The summed E-state index contributed by atoms with van der Waals surface area (Å²) >= 11 is 0. The van der Waals surface area contributed by atoms with Crippen molar-refractivity contribution in [3.8, 4) is 0 Å². The maximum absolute atomic E-state index is 11.8. The quantitative estimate of drug-likeness (QED) is 0.688. The van der Waals surface area contributed by atoms with Gasteiger partial charge in [-0.2, -0.15) is 0 Å². The molecule has 7 heteroatoms. The van der Waals surface area contributed by atoms with E-state index in [1.807, 2.05) is 13.0 Å². The fraction of sp³-hybridized carbons (Fsp3) is 0.421. The Bertz CT molecular complexity index is 816. The monoisotopic (exact) mass is 376 g/mol. The van der Waals surface area contributed by atoms with Crippen molar-refractivity contribution in [1.82, 2.24) is 4.98 Å². The molecule has 26 heavy (non-hydrogen) atoms. The molecule has 0 fully saturated rings. The van der Waals surface area contributed by atoms with Crippen LogP contribution in [0.25, 0.3) is 0 Å². The van der Waals surface area contributed by atoms with Crippen molar-refractivity contribution in [2.75, 3.05) is 33.8 Å². The summed E-state index contributed by atoms with van der Waals surface area (Å²) < 4.78 is 26.1. The van der Waals surface area contributed by atoms with Gasteiger partial charge in [0.1, 0.15) is 5.82 Å². The molecule has 1 aromatic carbocycles. The lowest BCUT2D eigenvalue weighted by atomic mass is 10.1. The molecule has 2 rings (SSSR count). The molecule has 0 aliphatic rings. The first-order valence-corrected chi connectivity index (χ1v) is 10.6. The molecule has 0 amide bonds. The Kier molecular flexibility index (Phi) is 6.85. The van der Waals surface area contributed by atoms with E-state index in [1.54, 1.807) is 12.3 Å². The van der Waals surface area contributed by atoms with Gasteiger partial charge in [0, 0.05) is 24.5 Å². The summed E-state index contributed by atoms with van der Waals surface area (Å²) in [6.07, 6.45) is 2.19. The molecule has 0 bridgehead atoms. The summed E-state index contributed by atoms with van der Waals surface area (Å²) in [5.74, 6) is 0.421. The maximum atomic E-state index is 11.8. The van der Waals surface area contributed by atoms with Gasteiger partial charge in [0.15, 0.2) is 0 Å². The first-order valence-electron chi connectivity index (χ1n) is 8.97. The van der Waals surface area contributed by atoms with E-state index in [4.69, 9.17) is 0 Å². The maximum Gasteiger partial charge on any atom is 0.233 e. The summed E-state index contributed by atoms with van der Waals surface area (Å²) in [4.78, 5) is 6.48. The number of hydrogen-bond acceptors (Lipinski definition) is 5. The van der Waals surface area contributed by atoms with Crippen molar-refractivity contribution in [2.24, 2.45) is 0 Å². The molecular weight excluding hydrogens is 348 g/mol. The van der Waals surface area contributed by atoms with Crippen LogP contribution in [0.2, 0.25) is 0 Å². The zero-order valence-corrected chi connectivity index (χ0v) is 16.7. The molecule has 0 unspecified atom stereocenters. The van der Waals surface area contributed by atoms with Gasteiger partial charge in [0.05, 0.1) is 17.6 Å². The zero-order chi connectivity index (χ0) is 19.2. The second-order valence-corrected chi connectivity index (χ2v) is 7.99. The average Bonchev–Trinajstić information content (AvgIpc) is 2.59. The number of hydrogen-bond donors (Lipinski definition) is 2. The van der Waals surface area contributed by atoms with Crippen molar-refractivity contribution < 1.29 is 8.42 Å². The van der Waals surface area contributed by atoms with E-state index in [0.29, 0.717) is 12.2 Å². The summed E-state index contributed by atoms with van der Waals surface area (Å²) in [5.41, 5.74) is 4.16. The number of pyridine rings is 1. The molecule has 0 atom stereocenters. The van der Waals surface area contributed by atoms with Gasteiger partial charge in [-0.05, 0) is 63.1 Å². The number of nitrogens with one attached hydrogen (secondary N) is 2. The molecule has 2 aromatic rings. The minimum absolute atomic E-state index is 0.0900. The van der Waals surface area contributed by atoms with Crippen LogP contribution in [0.1, 0.15) is 32.8 Å². The first kappa shape index (κ1) is 20.0. The first-order chi connectivity index (χ1) is 12.4. The van der Waals surface area contributed by atoms with E-state index in [0.717, 1.165) is 30.0 Å². The third kappa shape index (κ3) is 5.36. The Labute approximate surface area is 156 Å². The number of anilines is 4. The molecule has 0 aliphatic carbocycles. The van der Waals surface area contributed by atoms with E-state index in [-0.39, 0.29) is 5.75 Å². The number of sulfonamides is 1. The number of nitrogens with zero attached hydrogens (tertiary/aromatic N) is 2. The predicted molar refractivity (Wildman–Crippen MR) is 110 cm³/mol. The third-order valence-corrected chi connectivity index (χ3v) is 5.58. The summed E-state index contributed by atoms with van der Waals surface area (Å²) in [6, 6.07) is 9.80. The van der Waals surface area contributed by atoms with Gasteiger partial charge >= 0.3 is 0 Å². The van der Waals surface area contributed by atoms with Crippen molar-refractivity contribution in [1.29, 1.82) is 0 Å². The van der Waals surface area contributed by atoms with E-state index in [2.05, 4.69) is 58.9 Å². The van der Waals surface area contributed by atoms with Crippen LogP contribution >= 0.6 is 0 Å². The fourth-order valence-corrected chi connectivity index (χ4v) is 3.82. The molecule has 0 saturated carbocycles. The van der Waals surface area contributed by atoms with Gasteiger partial charge in [-0.3, -0.25) is 4.72 Å². The van der Waals surface area contributed by atoms with E-state index in [1.165, 1.54) is 5.69 Å². The van der Waals surface area contributed by atoms with Crippen LogP contribution in [0, 0.1) is 6.92 Å². The Morgan fingerprint density at radius 1 is 1.08 bits per heavy atom. The zero-order valence-electron chi connectivity index (χ0n) is 15.9. The topological polar surface area (TPSA) is 74.3 Å². The van der Waals surface area contributed by atoms with E-state index >= 15 is 0 Å². The SMILES string of the molecule is CCCS(=O)(=O)Nc1ccc(Nc2ccc(N(CC)CC)cc2C)cn1. The molecule has 0 saturated heterocycles. The Morgan fingerprint density at radius 3 is 2.35 bits per heavy atom. The highest BCUT2D eigenvalue weighted by molar-refractivity contribution is 7.92. The number of aromatic nitrogens is 1. The summed E-state index contributed by atoms with van der Waals surface area (Å²) in [6.45, 7) is 10.1. The number of rotatable bonds is 9. The van der Waals surface area contributed by atoms with Gasteiger partial charge in [-0.25, -0.2) is 13.4 Å². The molecule has 142 valence electrons. The van der Waals surface area contributed by atoms with Crippen LogP contribution in [0.4, 0.5) is 22.9 Å². The van der Waals surface area contributed by atoms with Gasteiger partial charge in [0.25, 0.3) is 0 Å². The van der Waals surface area contributed by atoms with Crippen LogP contribution in [-0.4, -0.2) is 32.2 Å². The largest absolute Gasteiger partial charge is 0.372 e. The minimum atomic E-state index is -3.32. The van der Waals surface area contributed by atoms with Crippen LogP contribution in [0.5, 0.6) is 0 Å². The van der Waals surface area contributed by atoms with Crippen LogP contribution in [-0.2, 0) is 10.0 Å². The smallest absolute Gasteiger partial charge is 0.233 e. The fourth-order valence-electron chi connectivity index (χ4n) is 2.74. The van der Waals surface area contributed by atoms with Crippen LogP contribution in [0.15, 0.2) is 36.5 Å². The van der Waals surface area contributed by atoms with Crippen LogP contribution < -0.4 is 14.9 Å². The highest BCUT2D eigenvalue weighted by atomic mass is 32.2. The third-order valence-electron chi connectivity index (χ3n) is 4.11. The molecule has 6 nitrogen and oxygen atoms in total. The molecule has 1 heterocycles. The molecule has 0 aliphatic heterocycles. The molecule has 0 radical (unpaired) electrons. The highest BCUT2D eigenvalue weighted by Gasteiger charge is 2.10. The normalized spacial score (nSPS) is 11.2.